The quantitative estimate of drug-likeness (QED) is 0.526. The van der Waals surface area contributed by atoms with Crippen LogP contribution in [0.15, 0.2) is 29.3 Å². The number of guanidine groups is 1. The van der Waals surface area contributed by atoms with Crippen LogP contribution in [0.4, 0.5) is 0 Å². The molecule has 0 aromatic heterocycles. The number of hydrogen-bond donors (Lipinski definition) is 3. The van der Waals surface area contributed by atoms with E-state index in [0.29, 0.717) is 18.2 Å². The first-order chi connectivity index (χ1) is 13.8. The Morgan fingerprint density at radius 3 is 2.66 bits per heavy atom. The molecular weight excluding hydrogens is 362 g/mol. The Balaban J connectivity index is 1.49. The van der Waals surface area contributed by atoms with Gasteiger partial charge in [0.05, 0.1) is 0 Å². The molecule has 1 unspecified atom stereocenters. The van der Waals surface area contributed by atoms with E-state index in [1.165, 1.54) is 38.6 Å². The first-order valence-corrected chi connectivity index (χ1v) is 11.0. The van der Waals surface area contributed by atoms with Crippen LogP contribution in [0.1, 0.15) is 68.8 Å². The van der Waals surface area contributed by atoms with E-state index in [2.05, 4.69) is 25.8 Å². The summed E-state index contributed by atoms with van der Waals surface area (Å²) < 4.78 is 0. The SMILES string of the molecule is CN=C(NCc1cccc(C(=O)NC(C)(C)C)c1)NC1CCN(C2CCCC2)C1. The van der Waals surface area contributed by atoms with Crippen molar-refractivity contribution in [3.63, 3.8) is 0 Å². The normalized spacial score (nSPS) is 21.4. The molecule has 1 saturated heterocycles. The molecule has 1 amide bonds. The Labute approximate surface area is 175 Å². The molecule has 1 aromatic carbocycles. The molecule has 2 fully saturated rings. The molecule has 2 aliphatic rings. The van der Waals surface area contributed by atoms with E-state index in [1.807, 2.05) is 52.1 Å². The number of nitrogens with one attached hydrogen (secondary N) is 3. The third-order valence-corrected chi connectivity index (χ3v) is 5.76. The van der Waals surface area contributed by atoms with Crippen molar-refractivity contribution >= 4 is 11.9 Å². The number of hydrogen-bond acceptors (Lipinski definition) is 3. The number of aliphatic imine (C=N–C) groups is 1. The van der Waals surface area contributed by atoms with Gasteiger partial charge >= 0.3 is 0 Å². The number of carbonyl (C=O) groups excluding carboxylic acids is 1. The fraction of sp³-hybridized carbons (Fsp3) is 0.652. The van der Waals surface area contributed by atoms with Crippen LogP contribution in [0.3, 0.4) is 0 Å². The van der Waals surface area contributed by atoms with E-state index in [9.17, 15) is 4.79 Å². The second-order valence-corrected chi connectivity index (χ2v) is 9.39. The van der Waals surface area contributed by atoms with Gasteiger partial charge in [0.2, 0.25) is 0 Å². The van der Waals surface area contributed by atoms with Crippen LogP contribution in [0.2, 0.25) is 0 Å². The molecule has 1 aliphatic heterocycles. The zero-order valence-corrected chi connectivity index (χ0v) is 18.4. The van der Waals surface area contributed by atoms with Crippen LogP contribution >= 0.6 is 0 Å². The molecule has 29 heavy (non-hydrogen) atoms. The zero-order valence-electron chi connectivity index (χ0n) is 18.4. The lowest BCUT2D eigenvalue weighted by Gasteiger charge is -2.24. The molecule has 3 N–H and O–H groups in total. The number of rotatable bonds is 5. The van der Waals surface area contributed by atoms with Crippen molar-refractivity contribution in [3.8, 4) is 0 Å². The van der Waals surface area contributed by atoms with E-state index in [-0.39, 0.29) is 11.4 Å². The van der Waals surface area contributed by atoms with Gasteiger partial charge in [-0.3, -0.25) is 14.7 Å². The summed E-state index contributed by atoms with van der Waals surface area (Å²) in [5, 5.41) is 9.99. The van der Waals surface area contributed by atoms with Crippen molar-refractivity contribution in [1.29, 1.82) is 0 Å². The summed E-state index contributed by atoms with van der Waals surface area (Å²) in [6, 6.07) is 9.00. The highest BCUT2D eigenvalue weighted by Crippen LogP contribution is 2.26. The van der Waals surface area contributed by atoms with Gasteiger partial charge in [0.1, 0.15) is 0 Å². The molecule has 6 heteroatoms. The Morgan fingerprint density at radius 2 is 1.97 bits per heavy atom. The minimum absolute atomic E-state index is 0.0418. The minimum Gasteiger partial charge on any atom is -0.352 e. The van der Waals surface area contributed by atoms with Gasteiger partial charge in [-0.25, -0.2) is 0 Å². The first-order valence-electron chi connectivity index (χ1n) is 11.0. The van der Waals surface area contributed by atoms with Gasteiger partial charge in [0, 0.05) is 49.9 Å². The monoisotopic (exact) mass is 399 g/mol. The largest absolute Gasteiger partial charge is 0.352 e. The third kappa shape index (κ3) is 6.46. The van der Waals surface area contributed by atoms with Gasteiger partial charge in [0.15, 0.2) is 5.96 Å². The van der Waals surface area contributed by atoms with Crippen molar-refractivity contribution in [3.05, 3.63) is 35.4 Å². The molecule has 6 nitrogen and oxygen atoms in total. The summed E-state index contributed by atoms with van der Waals surface area (Å²) in [7, 11) is 1.81. The molecule has 1 saturated carbocycles. The molecule has 160 valence electrons. The Hall–Kier alpha value is -2.08. The molecule has 3 rings (SSSR count). The van der Waals surface area contributed by atoms with Crippen molar-refractivity contribution in [2.45, 2.75) is 77.0 Å². The van der Waals surface area contributed by atoms with Crippen molar-refractivity contribution in [2.24, 2.45) is 4.99 Å². The second-order valence-electron chi connectivity index (χ2n) is 9.39. The second kappa shape index (κ2) is 9.61. The molecule has 1 heterocycles. The van der Waals surface area contributed by atoms with E-state index in [1.54, 1.807) is 0 Å². The molecule has 1 atom stereocenters. The maximum Gasteiger partial charge on any atom is 0.251 e. The van der Waals surface area contributed by atoms with Crippen molar-refractivity contribution in [2.75, 3.05) is 20.1 Å². The van der Waals surface area contributed by atoms with Crippen LogP contribution in [0.5, 0.6) is 0 Å². The lowest BCUT2D eigenvalue weighted by molar-refractivity contribution is 0.0919. The topological polar surface area (TPSA) is 68.8 Å². The summed E-state index contributed by atoms with van der Waals surface area (Å²) >= 11 is 0. The Morgan fingerprint density at radius 1 is 1.21 bits per heavy atom. The van der Waals surface area contributed by atoms with Crippen molar-refractivity contribution in [1.82, 2.24) is 20.9 Å². The Bertz CT molecular complexity index is 718. The summed E-state index contributed by atoms with van der Waals surface area (Å²) in [5.41, 5.74) is 1.50. The summed E-state index contributed by atoms with van der Waals surface area (Å²) in [4.78, 5) is 19.4. The first kappa shape index (κ1) is 21.6. The average Bonchev–Trinajstić information content (AvgIpc) is 3.35. The molecule has 0 spiro atoms. The third-order valence-electron chi connectivity index (χ3n) is 5.76. The molecule has 1 aromatic rings. The fourth-order valence-electron chi connectivity index (χ4n) is 4.32. The predicted octanol–water partition coefficient (Wildman–Crippen LogP) is 2.90. The van der Waals surface area contributed by atoms with Crippen LogP contribution in [0.25, 0.3) is 0 Å². The van der Waals surface area contributed by atoms with Gasteiger partial charge in [-0.1, -0.05) is 25.0 Å². The van der Waals surface area contributed by atoms with E-state index in [4.69, 9.17) is 0 Å². The highest BCUT2D eigenvalue weighted by atomic mass is 16.1. The number of likely N-dealkylation sites (tertiary alicyclic amines) is 1. The molecule has 0 radical (unpaired) electrons. The Kier molecular flexibility index (Phi) is 7.17. The van der Waals surface area contributed by atoms with Gasteiger partial charge in [-0.2, -0.15) is 0 Å². The van der Waals surface area contributed by atoms with Gasteiger partial charge in [-0.15, -0.1) is 0 Å². The van der Waals surface area contributed by atoms with Crippen molar-refractivity contribution < 1.29 is 4.79 Å². The summed E-state index contributed by atoms with van der Waals surface area (Å²) in [6.07, 6.45) is 6.65. The number of benzene rings is 1. The smallest absolute Gasteiger partial charge is 0.251 e. The number of amides is 1. The maximum absolute atomic E-state index is 12.4. The van der Waals surface area contributed by atoms with E-state index < -0.39 is 0 Å². The van der Waals surface area contributed by atoms with Crippen LogP contribution in [-0.2, 0) is 6.54 Å². The van der Waals surface area contributed by atoms with E-state index >= 15 is 0 Å². The molecular formula is C23H37N5O. The molecule has 1 aliphatic carbocycles. The van der Waals surface area contributed by atoms with Gasteiger partial charge in [-0.05, 0) is 57.7 Å². The standard InChI is InChI=1S/C23H37N5O/c1-23(2,3)27-21(29)18-9-7-8-17(14-18)15-25-22(24-4)26-19-12-13-28(16-19)20-10-5-6-11-20/h7-9,14,19-20H,5-6,10-13,15-16H2,1-4H3,(H,27,29)(H2,24,25,26). The average molecular weight is 400 g/mol. The molecule has 0 bridgehead atoms. The van der Waals surface area contributed by atoms with Gasteiger partial charge < -0.3 is 16.0 Å². The zero-order chi connectivity index (χ0) is 20.9. The lowest BCUT2D eigenvalue weighted by Crippen LogP contribution is -2.45. The summed E-state index contributed by atoms with van der Waals surface area (Å²) in [6.45, 7) is 8.89. The number of nitrogens with zero attached hydrogens (tertiary/aromatic N) is 2. The highest BCUT2D eigenvalue weighted by Gasteiger charge is 2.30. The van der Waals surface area contributed by atoms with Crippen LogP contribution < -0.4 is 16.0 Å². The predicted molar refractivity (Wildman–Crippen MR) is 119 cm³/mol. The minimum atomic E-state index is -0.245. The van der Waals surface area contributed by atoms with Crippen LogP contribution in [-0.4, -0.2) is 54.5 Å². The lowest BCUT2D eigenvalue weighted by atomic mass is 10.1. The fourth-order valence-corrected chi connectivity index (χ4v) is 4.32. The van der Waals surface area contributed by atoms with Crippen LogP contribution in [0, 0.1) is 0 Å². The highest BCUT2D eigenvalue weighted by molar-refractivity contribution is 5.94. The summed E-state index contributed by atoms with van der Waals surface area (Å²) in [5.74, 6) is 0.785. The maximum atomic E-state index is 12.4. The van der Waals surface area contributed by atoms with E-state index in [0.717, 1.165) is 24.1 Å². The number of carbonyl (C=O) groups is 1. The van der Waals surface area contributed by atoms with Gasteiger partial charge in [0.25, 0.3) is 5.91 Å².